The number of benzene rings is 2. The van der Waals surface area contributed by atoms with Crippen LogP contribution in [0.5, 0.6) is 5.75 Å². The normalized spacial score (nSPS) is 11.1. The number of hydrogen-bond acceptors (Lipinski definition) is 4. The maximum Gasteiger partial charge on any atom is 0.417 e. The molecule has 0 aliphatic heterocycles. The predicted molar refractivity (Wildman–Crippen MR) is 83.2 cm³/mol. The van der Waals surface area contributed by atoms with E-state index in [-0.39, 0.29) is 5.78 Å². The second-order valence-electron chi connectivity index (χ2n) is 4.66. The van der Waals surface area contributed by atoms with Gasteiger partial charge in [-0.2, -0.15) is 0 Å². The lowest BCUT2D eigenvalue weighted by molar-refractivity contribution is 0.104. The van der Waals surface area contributed by atoms with Crippen molar-refractivity contribution in [2.24, 2.45) is 0 Å². The monoisotopic (exact) mass is 295 g/mol. The van der Waals surface area contributed by atoms with Crippen molar-refractivity contribution < 1.29 is 13.9 Å². The predicted octanol–water partition coefficient (Wildman–Crippen LogP) is 3.03. The zero-order valence-corrected chi connectivity index (χ0v) is 11.8. The van der Waals surface area contributed by atoms with Crippen LogP contribution < -0.4 is 10.5 Å². The molecule has 0 fully saturated rings. The molecular weight excluding hydrogens is 282 g/mol. The van der Waals surface area contributed by atoms with E-state index >= 15 is 0 Å². The summed E-state index contributed by atoms with van der Waals surface area (Å²) in [5, 5.41) is 0. The van der Waals surface area contributed by atoms with Gasteiger partial charge in [0.2, 0.25) is 0 Å². The highest BCUT2D eigenvalue weighted by atomic mass is 16.5. The summed E-state index contributed by atoms with van der Waals surface area (Å²) in [5.74, 6) is -0.0283. The van der Waals surface area contributed by atoms with E-state index in [9.17, 15) is 9.59 Å². The first-order chi connectivity index (χ1) is 10.7. The molecule has 0 spiro atoms. The van der Waals surface area contributed by atoms with Crippen LogP contribution in [0.25, 0.3) is 17.2 Å². The highest BCUT2D eigenvalue weighted by Gasteiger charge is 2.07. The zero-order valence-electron chi connectivity index (χ0n) is 11.8. The number of aromatic nitrogens is 1. The molecule has 2 aromatic carbocycles. The van der Waals surface area contributed by atoms with E-state index in [1.54, 1.807) is 31.4 Å². The average Bonchev–Trinajstić information content (AvgIpc) is 2.91. The number of rotatable bonds is 4. The van der Waals surface area contributed by atoms with Crippen molar-refractivity contribution in [2.45, 2.75) is 0 Å². The Bertz CT molecular complexity index is 918. The molecule has 0 bridgehead atoms. The molecule has 0 aliphatic carbocycles. The van der Waals surface area contributed by atoms with Crippen LogP contribution >= 0.6 is 0 Å². The molecule has 0 atom stereocenters. The van der Waals surface area contributed by atoms with Crippen LogP contribution in [0.2, 0.25) is 0 Å². The van der Waals surface area contributed by atoms with Crippen LogP contribution in [0, 0.1) is 0 Å². The minimum absolute atomic E-state index is 0.184. The third-order valence-electron chi connectivity index (χ3n) is 3.26. The molecule has 0 saturated carbocycles. The maximum absolute atomic E-state index is 12.2. The van der Waals surface area contributed by atoms with Gasteiger partial charge in [0.15, 0.2) is 11.4 Å². The van der Waals surface area contributed by atoms with Crippen LogP contribution in [-0.2, 0) is 0 Å². The quantitative estimate of drug-likeness (QED) is 0.593. The number of H-pyrrole nitrogens is 1. The standard InChI is InChI=1S/C17H13NO4/c1-21-15-5-3-2-4-11(15)7-9-14(19)12-6-8-13-16(10-12)22-17(20)18-13/h2-10H,1H3,(H,18,20)/b9-7+. The van der Waals surface area contributed by atoms with Crippen molar-refractivity contribution in [3.8, 4) is 5.75 Å². The Balaban J connectivity index is 1.89. The Morgan fingerprint density at radius 1 is 1.23 bits per heavy atom. The molecule has 1 heterocycles. The van der Waals surface area contributed by atoms with Gasteiger partial charge in [-0.1, -0.05) is 18.2 Å². The third-order valence-corrected chi connectivity index (χ3v) is 3.26. The number of carbonyl (C=O) groups is 1. The number of hydrogen-bond donors (Lipinski definition) is 1. The molecule has 0 amide bonds. The van der Waals surface area contributed by atoms with Crippen molar-refractivity contribution in [3.05, 3.63) is 70.2 Å². The maximum atomic E-state index is 12.2. The Morgan fingerprint density at radius 3 is 2.86 bits per heavy atom. The van der Waals surface area contributed by atoms with Gasteiger partial charge >= 0.3 is 5.76 Å². The Morgan fingerprint density at radius 2 is 2.05 bits per heavy atom. The van der Waals surface area contributed by atoms with Gasteiger partial charge < -0.3 is 9.15 Å². The molecule has 22 heavy (non-hydrogen) atoms. The van der Waals surface area contributed by atoms with Crippen molar-refractivity contribution in [1.82, 2.24) is 4.98 Å². The zero-order chi connectivity index (χ0) is 15.5. The number of fused-ring (bicyclic) bond motifs is 1. The lowest BCUT2D eigenvalue weighted by Crippen LogP contribution is -1.94. The number of methoxy groups -OCH3 is 1. The summed E-state index contributed by atoms with van der Waals surface area (Å²) in [7, 11) is 1.58. The van der Waals surface area contributed by atoms with E-state index in [4.69, 9.17) is 9.15 Å². The van der Waals surface area contributed by atoms with E-state index in [2.05, 4.69) is 4.98 Å². The number of ketones is 1. The SMILES string of the molecule is COc1ccccc1/C=C/C(=O)c1ccc2[nH]c(=O)oc2c1. The minimum Gasteiger partial charge on any atom is -0.496 e. The molecule has 1 N–H and O–H groups in total. The molecule has 0 aliphatic rings. The lowest BCUT2D eigenvalue weighted by atomic mass is 10.1. The molecule has 5 heteroatoms. The fourth-order valence-electron chi connectivity index (χ4n) is 2.16. The first-order valence-electron chi connectivity index (χ1n) is 6.65. The summed E-state index contributed by atoms with van der Waals surface area (Å²) in [6, 6.07) is 12.2. The molecule has 0 unspecified atom stereocenters. The fourth-order valence-corrected chi connectivity index (χ4v) is 2.16. The van der Waals surface area contributed by atoms with Gasteiger partial charge in [-0.15, -0.1) is 0 Å². The van der Waals surface area contributed by atoms with Crippen LogP contribution in [0.1, 0.15) is 15.9 Å². The van der Waals surface area contributed by atoms with E-state index in [0.717, 1.165) is 5.56 Å². The van der Waals surface area contributed by atoms with Crippen molar-refractivity contribution in [2.75, 3.05) is 7.11 Å². The van der Waals surface area contributed by atoms with Crippen LogP contribution in [0.4, 0.5) is 0 Å². The minimum atomic E-state index is -0.538. The number of allylic oxidation sites excluding steroid dienone is 1. The summed E-state index contributed by atoms with van der Waals surface area (Å²) in [5.41, 5.74) is 2.19. The van der Waals surface area contributed by atoms with Crippen molar-refractivity contribution >= 4 is 23.0 Å². The topological polar surface area (TPSA) is 72.3 Å². The first-order valence-corrected chi connectivity index (χ1v) is 6.65. The van der Waals surface area contributed by atoms with Gasteiger partial charge in [0, 0.05) is 11.1 Å². The Hall–Kier alpha value is -3.08. The second kappa shape index (κ2) is 5.73. The average molecular weight is 295 g/mol. The summed E-state index contributed by atoms with van der Waals surface area (Å²) in [6.45, 7) is 0. The number of nitrogens with one attached hydrogen (secondary N) is 1. The van der Waals surface area contributed by atoms with Gasteiger partial charge in [-0.25, -0.2) is 4.79 Å². The van der Waals surface area contributed by atoms with E-state index < -0.39 is 5.76 Å². The van der Waals surface area contributed by atoms with Gasteiger partial charge in [0.25, 0.3) is 0 Å². The molecule has 5 nitrogen and oxygen atoms in total. The third kappa shape index (κ3) is 2.69. The lowest BCUT2D eigenvalue weighted by Gasteiger charge is -2.03. The van der Waals surface area contributed by atoms with Gasteiger partial charge in [0.1, 0.15) is 5.75 Å². The molecule has 0 radical (unpaired) electrons. The Kier molecular flexibility index (Phi) is 3.62. The largest absolute Gasteiger partial charge is 0.496 e. The summed E-state index contributed by atoms with van der Waals surface area (Å²) >= 11 is 0. The Labute approximate surface area is 125 Å². The van der Waals surface area contributed by atoms with E-state index in [0.29, 0.717) is 22.4 Å². The first kappa shape index (κ1) is 13.9. The molecule has 110 valence electrons. The molecule has 1 aromatic heterocycles. The highest BCUT2D eigenvalue weighted by Crippen LogP contribution is 2.19. The van der Waals surface area contributed by atoms with E-state index in [1.807, 2.05) is 24.3 Å². The van der Waals surface area contributed by atoms with E-state index in [1.165, 1.54) is 6.08 Å². The molecule has 3 aromatic rings. The fraction of sp³-hybridized carbons (Fsp3) is 0.0588. The number of aromatic amines is 1. The smallest absolute Gasteiger partial charge is 0.417 e. The summed E-state index contributed by atoms with van der Waals surface area (Å²) in [6.07, 6.45) is 3.16. The van der Waals surface area contributed by atoms with Gasteiger partial charge in [0.05, 0.1) is 12.6 Å². The van der Waals surface area contributed by atoms with Gasteiger partial charge in [-0.3, -0.25) is 9.78 Å². The highest BCUT2D eigenvalue weighted by molar-refractivity contribution is 6.08. The van der Waals surface area contributed by atoms with Crippen LogP contribution in [0.3, 0.4) is 0 Å². The van der Waals surface area contributed by atoms with Crippen molar-refractivity contribution in [1.29, 1.82) is 0 Å². The number of ether oxygens (including phenoxy) is 1. The number of oxazole rings is 1. The summed E-state index contributed by atoms with van der Waals surface area (Å²) in [4.78, 5) is 25.9. The van der Waals surface area contributed by atoms with Crippen LogP contribution in [-0.4, -0.2) is 17.9 Å². The molecule has 3 rings (SSSR count). The number of carbonyl (C=O) groups excluding carboxylic acids is 1. The van der Waals surface area contributed by atoms with Crippen LogP contribution in [0.15, 0.2) is 57.8 Å². The van der Waals surface area contributed by atoms with Crippen molar-refractivity contribution in [3.63, 3.8) is 0 Å². The molecular formula is C17H13NO4. The number of para-hydroxylation sites is 1. The summed E-state index contributed by atoms with van der Waals surface area (Å²) < 4.78 is 10.2. The van der Waals surface area contributed by atoms with Gasteiger partial charge in [-0.05, 0) is 36.4 Å². The molecule has 0 saturated heterocycles. The second-order valence-corrected chi connectivity index (χ2v) is 4.66.